The molecule has 0 atom stereocenters. The van der Waals surface area contributed by atoms with Gasteiger partial charge in [0.1, 0.15) is 10.6 Å². The Bertz CT molecular complexity index is 936. The highest BCUT2D eigenvalue weighted by Gasteiger charge is 2.18. The molecule has 0 saturated heterocycles. The summed E-state index contributed by atoms with van der Waals surface area (Å²) in [6, 6.07) is 14.7. The van der Waals surface area contributed by atoms with Gasteiger partial charge in [0.25, 0.3) is 0 Å². The third kappa shape index (κ3) is 4.36. The number of aromatic nitrogens is 2. The number of rotatable bonds is 5. The third-order valence-corrected chi connectivity index (χ3v) is 5.12. The Hall–Kier alpha value is -2.08. The van der Waals surface area contributed by atoms with Crippen molar-refractivity contribution in [1.82, 2.24) is 9.97 Å². The maximum atomic E-state index is 12.3. The molecule has 3 aromatic rings. The monoisotopic (exact) mass is 404 g/mol. The summed E-state index contributed by atoms with van der Waals surface area (Å²) in [7, 11) is 0. The van der Waals surface area contributed by atoms with Crippen molar-refractivity contribution in [2.75, 3.05) is 6.61 Å². The van der Waals surface area contributed by atoms with E-state index in [1.165, 1.54) is 18.0 Å². The van der Waals surface area contributed by atoms with Gasteiger partial charge >= 0.3 is 5.97 Å². The molecule has 7 heteroatoms. The molecule has 0 amide bonds. The van der Waals surface area contributed by atoms with Crippen LogP contribution in [0.15, 0.2) is 64.6 Å². The van der Waals surface area contributed by atoms with Crippen LogP contribution in [0.1, 0.15) is 17.3 Å². The zero-order valence-corrected chi connectivity index (χ0v) is 16.1. The number of esters is 1. The number of carbonyl (C=O) groups is 1. The van der Waals surface area contributed by atoms with Crippen LogP contribution in [-0.4, -0.2) is 22.5 Å². The van der Waals surface area contributed by atoms with E-state index in [1.54, 1.807) is 25.1 Å². The average Bonchev–Trinajstić information content (AvgIpc) is 2.65. The molecule has 4 nitrogen and oxygen atoms in total. The fraction of sp³-hybridized carbons (Fsp3) is 0.105. The van der Waals surface area contributed by atoms with E-state index in [9.17, 15) is 4.79 Å². The van der Waals surface area contributed by atoms with Gasteiger partial charge < -0.3 is 4.74 Å². The molecule has 0 spiro atoms. The van der Waals surface area contributed by atoms with Crippen molar-refractivity contribution in [3.63, 3.8) is 0 Å². The Morgan fingerprint density at radius 2 is 1.92 bits per heavy atom. The Labute approximate surface area is 165 Å². The van der Waals surface area contributed by atoms with Crippen LogP contribution in [0.25, 0.3) is 11.4 Å². The zero-order valence-electron chi connectivity index (χ0n) is 13.8. The Balaban J connectivity index is 2.04. The number of benzene rings is 2. The molecule has 0 aliphatic heterocycles. The van der Waals surface area contributed by atoms with Crippen LogP contribution in [0.3, 0.4) is 0 Å². The molecule has 0 bridgehead atoms. The number of hydrogen-bond acceptors (Lipinski definition) is 5. The van der Waals surface area contributed by atoms with Gasteiger partial charge in [-0.3, -0.25) is 0 Å². The van der Waals surface area contributed by atoms with Crippen LogP contribution in [0.4, 0.5) is 0 Å². The quantitative estimate of drug-likeness (QED) is 0.398. The van der Waals surface area contributed by atoms with Crippen LogP contribution < -0.4 is 0 Å². The van der Waals surface area contributed by atoms with Gasteiger partial charge in [-0.25, -0.2) is 14.8 Å². The van der Waals surface area contributed by atoms with E-state index < -0.39 is 5.97 Å². The maximum Gasteiger partial charge on any atom is 0.342 e. The predicted octanol–water partition coefficient (Wildman–Crippen LogP) is 5.78. The third-order valence-electron chi connectivity index (χ3n) is 3.38. The van der Waals surface area contributed by atoms with Crippen molar-refractivity contribution in [3.05, 3.63) is 70.3 Å². The van der Waals surface area contributed by atoms with Crippen molar-refractivity contribution in [2.45, 2.75) is 16.8 Å². The van der Waals surface area contributed by atoms with Crippen LogP contribution in [0.5, 0.6) is 0 Å². The van der Waals surface area contributed by atoms with Gasteiger partial charge in [0, 0.05) is 21.7 Å². The number of halogens is 2. The van der Waals surface area contributed by atoms with Gasteiger partial charge in [-0.1, -0.05) is 65.3 Å². The predicted molar refractivity (Wildman–Crippen MR) is 104 cm³/mol. The topological polar surface area (TPSA) is 52.1 Å². The smallest absolute Gasteiger partial charge is 0.342 e. The van der Waals surface area contributed by atoms with Crippen LogP contribution >= 0.6 is 35.0 Å². The lowest BCUT2D eigenvalue weighted by Crippen LogP contribution is -2.09. The highest BCUT2D eigenvalue weighted by Crippen LogP contribution is 2.36. The molecule has 26 heavy (non-hydrogen) atoms. The zero-order chi connectivity index (χ0) is 18.5. The maximum absolute atomic E-state index is 12.3. The highest BCUT2D eigenvalue weighted by atomic mass is 35.5. The van der Waals surface area contributed by atoms with E-state index in [0.29, 0.717) is 26.5 Å². The van der Waals surface area contributed by atoms with Crippen molar-refractivity contribution in [2.24, 2.45) is 0 Å². The van der Waals surface area contributed by atoms with E-state index in [1.807, 2.05) is 30.3 Å². The van der Waals surface area contributed by atoms with Gasteiger partial charge in [0.15, 0.2) is 5.82 Å². The minimum atomic E-state index is -0.473. The normalized spacial score (nSPS) is 10.6. The second-order valence-corrected chi connectivity index (χ2v) is 7.05. The van der Waals surface area contributed by atoms with Crippen molar-refractivity contribution in [3.8, 4) is 11.4 Å². The highest BCUT2D eigenvalue weighted by molar-refractivity contribution is 7.99. The molecule has 0 fully saturated rings. The number of ether oxygens (including phenoxy) is 1. The van der Waals surface area contributed by atoms with Gasteiger partial charge in [-0.2, -0.15) is 0 Å². The number of carbonyl (C=O) groups excluding carboxylic acids is 1. The first-order valence-corrected chi connectivity index (χ1v) is 9.38. The van der Waals surface area contributed by atoms with E-state index in [0.717, 1.165) is 10.5 Å². The minimum absolute atomic E-state index is 0.269. The van der Waals surface area contributed by atoms with Crippen molar-refractivity contribution >= 4 is 40.9 Å². The van der Waals surface area contributed by atoms with Gasteiger partial charge in [0.05, 0.1) is 11.6 Å². The molecule has 3 rings (SSSR count). The second-order valence-electron chi connectivity index (χ2n) is 5.18. The van der Waals surface area contributed by atoms with E-state index in [2.05, 4.69) is 9.97 Å². The molecular weight excluding hydrogens is 391 g/mol. The summed E-state index contributed by atoms with van der Waals surface area (Å²) in [5.74, 6) is 0.0472. The molecule has 0 aliphatic rings. The molecule has 0 aliphatic carbocycles. The fourth-order valence-corrected chi connectivity index (χ4v) is 3.58. The van der Waals surface area contributed by atoms with Crippen LogP contribution in [0, 0.1) is 0 Å². The molecule has 1 aromatic heterocycles. The van der Waals surface area contributed by atoms with E-state index in [-0.39, 0.29) is 6.61 Å². The van der Waals surface area contributed by atoms with Gasteiger partial charge in [0.2, 0.25) is 0 Å². The average molecular weight is 405 g/mol. The second kappa shape index (κ2) is 8.54. The van der Waals surface area contributed by atoms with Crippen LogP contribution in [0.2, 0.25) is 10.0 Å². The van der Waals surface area contributed by atoms with Gasteiger partial charge in [-0.15, -0.1) is 0 Å². The van der Waals surface area contributed by atoms with Crippen LogP contribution in [-0.2, 0) is 4.74 Å². The SMILES string of the molecule is CCOC(=O)c1cnc(-c2ccccc2)nc1Sc1ccc(Cl)cc1Cl. The number of hydrogen-bond donors (Lipinski definition) is 0. The minimum Gasteiger partial charge on any atom is -0.462 e. The molecule has 0 N–H and O–H groups in total. The van der Waals surface area contributed by atoms with E-state index >= 15 is 0 Å². The molecule has 1 heterocycles. The Kier molecular flexibility index (Phi) is 6.14. The fourth-order valence-electron chi connectivity index (χ4n) is 2.18. The van der Waals surface area contributed by atoms with Crippen molar-refractivity contribution in [1.29, 1.82) is 0 Å². The largest absolute Gasteiger partial charge is 0.462 e. The molecule has 132 valence electrons. The lowest BCUT2D eigenvalue weighted by molar-refractivity contribution is 0.0521. The molecular formula is C19H14Cl2N2O2S. The standard InChI is InChI=1S/C19H14Cl2N2O2S/c1-2-25-19(24)14-11-22-17(12-6-4-3-5-7-12)23-18(14)26-16-9-8-13(20)10-15(16)21/h3-11H,2H2,1H3. The molecule has 2 aromatic carbocycles. The summed E-state index contributed by atoms with van der Waals surface area (Å²) >= 11 is 13.5. The summed E-state index contributed by atoms with van der Waals surface area (Å²) < 4.78 is 5.11. The lowest BCUT2D eigenvalue weighted by Gasteiger charge is -2.10. The first-order chi connectivity index (χ1) is 12.6. The first kappa shape index (κ1) is 18.7. The van der Waals surface area contributed by atoms with E-state index in [4.69, 9.17) is 27.9 Å². The Morgan fingerprint density at radius 1 is 1.15 bits per heavy atom. The summed E-state index contributed by atoms with van der Waals surface area (Å²) in [6.45, 7) is 2.02. The summed E-state index contributed by atoms with van der Waals surface area (Å²) in [5, 5.41) is 1.50. The van der Waals surface area contributed by atoms with Crippen molar-refractivity contribution < 1.29 is 9.53 Å². The molecule has 0 unspecified atom stereocenters. The number of nitrogens with zero attached hydrogens (tertiary/aromatic N) is 2. The molecule has 0 radical (unpaired) electrons. The van der Waals surface area contributed by atoms with Gasteiger partial charge in [-0.05, 0) is 25.1 Å². The summed E-state index contributed by atoms with van der Waals surface area (Å²) in [5.41, 5.74) is 1.15. The lowest BCUT2D eigenvalue weighted by atomic mass is 10.2. The molecule has 0 saturated carbocycles. The summed E-state index contributed by atoms with van der Waals surface area (Å²) in [6.07, 6.45) is 1.49. The Morgan fingerprint density at radius 3 is 2.62 bits per heavy atom. The summed E-state index contributed by atoms with van der Waals surface area (Å²) in [4.78, 5) is 21.9. The first-order valence-electron chi connectivity index (χ1n) is 7.81.